The van der Waals surface area contributed by atoms with Gasteiger partial charge in [0.1, 0.15) is 18.2 Å². The molecule has 5 heterocycles. The summed E-state index contributed by atoms with van der Waals surface area (Å²) in [6.45, 7) is 6.42. The lowest BCUT2D eigenvalue weighted by atomic mass is 9.95. The average Bonchev–Trinajstić information content (AvgIpc) is 3.53. The predicted molar refractivity (Wildman–Crippen MR) is 158 cm³/mol. The highest BCUT2D eigenvalue weighted by Gasteiger charge is 2.49. The zero-order valence-corrected chi connectivity index (χ0v) is 23.5. The summed E-state index contributed by atoms with van der Waals surface area (Å²) < 4.78 is 22.1. The summed E-state index contributed by atoms with van der Waals surface area (Å²) in [4.78, 5) is 32.6. The lowest BCUT2D eigenvalue weighted by molar-refractivity contribution is -0.127. The second kappa shape index (κ2) is 10.2. The van der Waals surface area contributed by atoms with E-state index in [9.17, 15) is 4.79 Å². The first kappa shape index (κ1) is 26.1. The minimum atomic E-state index is -0.412. The number of pyridine rings is 1. The number of likely N-dealkylation sites (tertiary alicyclic amines) is 2. The molecule has 3 saturated heterocycles. The quantitative estimate of drug-likeness (QED) is 0.298. The highest BCUT2D eigenvalue weighted by atomic mass is 35.5. The first-order valence-corrected chi connectivity index (χ1v) is 14.4. The molecule has 3 aliphatic rings. The predicted octanol–water partition coefficient (Wildman–Crippen LogP) is 5.09. The topological polar surface area (TPSA) is 74.7 Å². The zero-order valence-electron chi connectivity index (χ0n) is 22.8. The number of hydrogen-bond donors (Lipinski definition) is 0. The Morgan fingerprint density at radius 3 is 2.85 bits per heavy atom. The number of amides is 1. The molecule has 0 radical (unpaired) electrons. The fourth-order valence-corrected chi connectivity index (χ4v) is 6.89. The van der Waals surface area contributed by atoms with Crippen LogP contribution in [-0.2, 0) is 4.79 Å². The summed E-state index contributed by atoms with van der Waals surface area (Å²) in [5, 5.41) is 2.69. The van der Waals surface area contributed by atoms with Crippen LogP contribution in [0.4, 0.5) is 10.2 Å². The maximum absolute atomic E-state index is 16.0. The van der Waals surface area contributed by atoms with E-state index >= 15 is 4.39 Å². The number of aromatic nitrogens is 3. The van der Waals surface area contributed by atoms with Crippen LogP contribution in [0.5, 0.6) is 6.01 Å². The van der Waals surface area contributed by atoms with Crippen molar-refractivity contribution in [1.29, 1.82) is 0 Å². The molecule has 2 aromatic carbocycles. The van der Waals surface area contributed by atoms with E-state index < -0.39 is 5.82 Å². The Balaban J connectivity index is 1.32. The Kier molecular flexibility index (Phi) is 6.51. The Labute approximate surface area is 242 Å². The van der Waals surface area contributed by atoms with Crippen LogP contribution >= 0.6 is 11.6 Å². The van der Waals surface area contributed by atoms with Gasteiger partial charge in [-0.3, -0.25) is 9.78 Å². The molecule has 1 amide bonds. The largest absolute Gasteiger partial charge is 0.462 e. The van der Waals surface area contributed by atoms with E-state index in [4.69, 9.17) is 26.3 Å². The Bertz CT molecular complexity index is 1690. The van der Waals surface area contributed by atoms with E-state index in [1.165, 1.54) is 12.1 Å². The van der Waals surface area contributed by atoms with Gasteiger partial charge in [-0.15, -0.1) is 0 Å². The molecule has 0 bridgehead atoms. The summed E-state index contributed by atoms with van der Waals surface area (Å²) in [6.07, 6.45) is 7.72. The fraction of sp³-hybridized carbons (Fsp3) is 0.355. The van der Waals surface area contributed by atoms with Crippen LogP contribution in [-0.4, -0.2) is 82.1 Å². The van der Waals surface area contributed by atoms with Crippen molar-refractivity contribution in [1.82, 2.24) is 24.8 Å². The molecule has 0 saturated carbocycles. The first-order valence-electron chi connectivity index (χ1n) is 14.0. The smallest absolute Gasteiger partial charge is 0.319 e. The maximum atomic E-state index is 16.0. The lowest BCUT2D eigenvalue weighted by Crippen LogP contribution is -2.63. The van der Waals surface area contributed by atoms with Gasteiger partial charge in [0, 0.05) is 63.8 Å². The SMILES string of the molecule is C=CC(=O)N1CC[C@@H]2[C@H]1CN2c1nc(OC[C@@H]2CCCN2C)nc2cc(-c3cncc4cccc(Cl)c34)c(F)cc12. The number of ether oxygens (including phenoxy) is 1. The molecule has 0 spiro atoms. The standard InChI is InChI=1S/C31H30ClFN6O2/c1-3-28(40)38-11-9-26-27(38)16-39(26)30-21-12-24(33)20(22-15-34-14-18-6-4-8-23(32)29(18)22)13-25(21)35-31(36-30)41-17-19-7-5-10-37(19)2/h3-4,6,8,12-15,19,26-27H,1,5,7,9-11,16-17H2,2H3/t19-,26+,27+/m0/s1. The third-order valence-corrected chi connectivity index (χ3v) is 9.18. The molecule has 0 unspecified atom stereocenters. The van der Waals surface area contributed by atoms with Gasteiger partial charge in [-0.2, -0.15) is 9.97 Å². The zero-order chi connectivity index (χ0) is 28.2. The molecule has 3 atom stereocenters. The Morgan fingerprint density at radius 2 is 2.05 bits per heavy atom. The molecule has 8 nitrogen and oxygen atoms in total. The van der Waals surface area contributed by atoms with Gasteiger partial charge < -0.3 is 19.4 Å². The minimum absolute atomic E-state index is 0.0626. The molecule has 210 valence electrons. The second-order valence-electron chi connectivity index (χ2n) is 11.1. The van der Waals surface area contributed by atoms with E-state index in [1.54, 1.807) is 24.5 Å². The second-order valence-corrected chi connectivity index (χ2v) is 11.5. The van der Waals surface area contributed by atoms with Crippen LogP contribution in [0.3, 0.4) is 0 Å². The molecule has 10 heteroatoms. The van der Waals surface area contributed by atoms with Gasteiger partial charge in [-0.25, -0.2) is 4.39 Å². The van der Waals surface area contributed by atoms with Crippen LogP contribution in [0.15, 0.2) is 55.4 Å². The van der Waals surface area contributed by atoms with Crippen LogP contribution in [0.25, 0.3) is 32.8 Å². The van der Waals surface area contributed by atoms with E-state index in [2.05, 4.69) is 28.4 Å². The number of nitrogens with zero attached hydrogens (tertiary/aromatic N) is 6. The minimum Gasteiger partial charge on any atom is -0.462 e. The van der Waals surface area contributed by atoms with Crippen LogP contribution in [0, 0.1) is 5.82 Å². The summed E-state index contributed by atoms with van der Waals surface area (Å²) in [6, 6.07) is 9.52. The third-order valence-electron chi connectivity index (χ3n) is 8.87. The number of anilines is 1. The highest BCUT2D eigenvalue weighted by molar-refractivity contribution is 6.36. The average molecular weight is 573 g/mol. The number of likely N-dealkylation sites (N-methyl/N-ethyl adjacent to an activating group) is 1. The monoisotopic (exact) mass is 572 g/mol. The summed E-state index contributed by atoms with van der Waals surface area (Å²) in [5.74, 6) is 0.149. The van der Waals surface area contributed by atoms with Crippen molar-refractivity contribution in [2.24, 2.45) is 0 Å². The van der Waals surface area contributed by atoms with Crippen LogP contribution < -0.4 is 9.64 Å². The normalized spacial score (nSPS) is 22.3. The van der Waals surface area contributed by atoms with Crippen LogP contribution in [0.1, 0.15) is 19.3 Å². The molecule has 4 aromatic rings. The lowest BCUT2D eigenvalue weighted by Gasteiger charge is -2.47. The molecule has 7 rings (SSSR count). The fourth-order valence-electron chi connectivity index (χ4n) is 6.61. The molecule has 3 aliphatic heterocycles. The molecule has 41 heavy (non-hydrogen) atoms. The van der Waals surface area contributed by atoms with Crippen molar-refractivity contribution in [3.63, 3.8) is 0 Å². The summed E-state index contributed by atoms with van der Waals surface area (Å²) >= 11 is 6.57. The first-order chi connectivity index (χ1) is 19.9. The molecule has 2 aromatic heterocycles. The highest BCUT2D eigenvalue weighted by Crippen LogP contribution is 2.42. The van der Waals surface area contributed by atoms with E-state index in [-0.39, 0.29) is 24.0 Å². The van der Waals surface area contributed by atoms with Gasteiger partial charge in [0.15, 0.2) is 0 Å². The third kappa shape index (κ3) is 4.38. The van der Waals surface area contributed by atoms with E-state index in [0.717, 1.165) is 36.6 Å². The maximum Gasteiger partial charge on any atom is 0.319 e. The number of carbonyl (C=O) groups is 1. The van der Waals surface area contributed by atoms with Gasteiger partial charge >= 0.3 is 6.01 Å². The Hall–Kier alpha value is -3.82. The van der Waals surface area contributed by atoms with Gasteiger partial charge in [-0.1, -0.05) is 30.3 Å². The number of rotatable bonds is 6. The molecular formula is C31H30ClFN6O2. The Morgan fingerprint density at radius 1 is 1.17 bits per heavy atom. The van der Waals surface area contributed by atoms with Crippen molar-refractivity contribution in [2.45, 2.75) is 37.4 Å². The summed E-state index contributed by atoms with van der Waals surface area (Å²) in [5.41, 5.74) is 1.53. The van der Waals surface area contributed by atoms with E-state index in [0.29, 0.717) is 58.6 Å². The van der Waals surface area contributed by atoms with Crippen molar-refractivity contribution >= 4 is 45.0 Å². The number of halogens is 2. The van der Waals surface area contributed by atoms with Crippen LogP contribution in [0.2, 0.25) is 5.02 Å². The van der Waals surface area contributed by atoms with E-state index in [1.807, 2.05) is 17.0 Å². The molecule has 3 fully saturated rings. The molecule has 0 aliphatic carbocycles. The van der Waals surface area contributed by atoms with Gasteiger partial charge in [0.05, 0.1) is 17.6 Å². The van der Waals surface area contributed by atoms with Gasteiger partial charge in [0.25, 0.3) is 0 Å². The number of fused-ring (bicyclic) bond motifs is 3. The van der Waals surface area contributed by atoms with Crippen molar-refractivity contribution in [2.75, 3.05) is 38.2 Å². The van der Waals surface area contributed by atoms with Gasteiger partial charge in [0.2, 0.25) is 5.91 Å². The van der Waals surface area contributed by atoms with Crippen molar-refractivity contribution in [3.05, 3.63) is 66.2 Å². The number of hydrogen-bond acceptors (Lipinski definition) is 7. The van der Waals surface area contributed by atoms with Crippen molar-refractivity contribution in [3.8, 4) is 17.1 Å². The number of carbonyl (C=O) groups excluding carboxylic acids is 1. The molecule has 0 N–H and O–H groups in total. The number of benzene rings is 2. The molecular weight excluding hydrogens is 543 g/mol. The summed E-state index contributed by atoms with van der Waals surface area (Å²) in [7, 11) is 2.10. The van der Waals surface area contributed by atoms with Crippen molar-refractivity contribution < 1.29 is 13.9 Å². The van der Waals surface area contributed by atoms with Gasteiger partial charge in [-0.05, 0) is 57.1 Å².